The van der Waals surface area contributed by atoms with E-state index in [1.807, 2.05) is 0 Å². The minimum absolute atomic E-state index is 0.0766. The summed E-state index contributed by atoms with van der Waals surface area (Å²) in [6.45, 7) is 4.80. The molecule has 0 unspecified atom stereocenters. The molecule has 154 valence electrons. The second-order valence-electron chi connectivity index (χ2n) is 9.36. The highest BCUT2D eigenvalue weighted by Gasteiger charge is 2.89. The number of cyclic esters (lactones) is 1. The molecule has 0 radical (unpaired) electrons. The van der Waals surface area contributed by atoms with Crippen LogP contribution in [0.3, 0.4) is 0 Å². The maximum absolute atomic E-state index is 12.3. The van der Waals surface area contributed by atoms with Gasteiger partial charge in [0.1, 0.15) is 17.3 Å². The van der Waals surface area contributed by atoms with Gasteiger partial charge in [-0.05, 0) is 25.8 Å². The molecule has 28 heavy (non-hydrogen) atoms. The summed E-state index contributed by atoms with van der Waals surface area (Å²) in [5.74, 6) is -2.43. The van der Waals surface area contributed by atoms with E-state index in [2.05, 4.69) is 0 Å². The molecule has 9 heteroatoms. The maximum Gasteiger partial charge on any atom is 0.338 e. The number of hydrogen-bond donors (Lipinski definition) is 4. The Bertz CT molecular complexity index is 824. The molecule has 4 N–H and O–H groups in total. The van der Waals surface area contributed by atoms with Crippen LogP contribution in [0.4, 0.5) is 0 Å². The van der Waals surface area contributed by atoms with Crippen molar-refractivity contribution in [2.45, 2.75) is 68.9 Å². The van der Waals surface area contributed by atoms with Crippen molar-refractivity contribution in [1.82, 2.24) is 0 Å². The van der Waals surface area contributed by atoms with Gasteiger partial charge in [-0.3, -0.25) is 0 Å². The predicted octanol–water partition coefficient (Wildman–Crippen LogP) is -1.59. The molecule has 5 rings (SSSR count). The summed E-state index contributed by atoms with van der Waals surface area (Å²) >= 11 is 0. The van der Waals surface area contributed by atoms with Gasteiger partial charge in [0.05, 0.1) is 24.2 Å². The highest BCUT2D eigenvalue weighted by molar-refractivity contribution is 5.86. The van der Waals surface area contributed by atoms with E-state index < -0.39 is 70.4 Å². The van der Waals surface area contributed by atoms with Crippen LogP contribution < -0.4 is 0 Å². The molecule has 4 bridgehead atoms. The van der Waals surface area contributed by atoms with Crippen molar-refractivity contribution >= 4 is 11.9 Å². The number of ether oxygens (including phenoxy) is 3. The minimum atomic E-state index is -2.17. The van der Waals surface area contributed by atoms with Gasteiger partial charge >= 0.3 is 11.9 Å². The van der Waals surface area contributed by atoms with E-state index in [1.165, 1.54) is 13.0 Å². The normalized spacial score (nSPS) is 59.6. The average molecular weight is 396 g/mol. The van der Waals surface area contributed by atoms with E-state index in [1.54, 1.807) is 13.8 Å². The molecule has 4 fully saturated rings. The summed E-state index contributed by atoms with van der Waals surface area (Å²) in [5.41, 5.74) is -5.61. The Morgan fingerprint density at radius 1 is 1.14 bits per heavy atom. The van der Waals surface area contributed by atoms with Crippen molar-refractivity contribution in [3.8, 4) is 0 Å². The topological polar surface area (TPSA) is 143 Å². The van der Waals surface area contributed by atoms with Gasteiger partial charge in [-0.15, -0.1) is 0 Å². The fourth-order valence-electron chi connectivity index (χ4n) is 7.14. The first kappa shape index (κ1) is 18.5. The van der Waals surface area contributed by atoms with Gasteiger partial charge in [-0.2, -0.15) is 0 Å². The van der Waals surface area contributed by atoms with Gasteiger partial charge in [0.15, 0.2) is 12.2 Å². The number of carbonyl (C=O) groups is 2. The number of aliphatic hydroxyl groups is 4. The van der Waals surface area contributed by atoms with Crippen LogP contribution in [0, 0.1) is 16.7 Å². The number of hydrogen-bond acceptors (Lipinski definition) is 9. The van der Waals surface area contributed by atoms with Crippen molar-refractivity contribution in [2.24, 2.45) is 16.7 Å². The molecule has 0 aromatic carbocycles. The fraction of sp³-hybridized carbons (Fsp3) is 0.789. The van der Waals surface area contributed by atoms with Crippen LogP contribution in [-0.4, -0.2) is 80.7 Å². The van der Waals surface area contributed by atoms with E-state index >= 15 is 0 Å². The predicted molar refractivity (Wildman–Crippen MR) is 89.5 cm³/mol. The number of carbonyl (C=O) groups excluding carboxylic acids is 2. The zero-order valence-corrected chi connectivity index (χ0v) is 15.8. The quantitative estimate of drug-likeness (QED) is 0.386. The smallest absolute Gasteiger partial charge is 0.338 e. The fourth-order valence-corrected chi connectivity index (χ4v) is 7.14. The van der Waals surface area contributed by atoms with Crippen molar-refractivity contribution in [2.75, 3.05) is 6.61 Å². The molecular weight excluding hydrogens is 372 g/mol. The number of aliphatic hydroxyl groups excluding tert-OH is 3. The van der Waals surface area contributed by atoms with Crippen LogP contribution in [0.5, 0.6) is 0 Å². The summed E-state index contributed by atoms with van der Waals surface area (Å²) in [4.78, 5) is 24.1. The van der Waals surface area contributed by atoms with Crippen LogP contribution in [0.25, 0.3) is 0 Å². The summed E-state index contributed by atoms with van der Waals surface area (Å²) in [6.07, 6.45) is -4.96. The molecular formula is C19H24O9. The first-order chi connectivity index (χ1) is 12.9. The minimum Gasteiger partial charge on any atom is -0.454 e. The molecule has 2 aliphatic carbocycles. The zero-order chi connectivity index (χ0) is 20.4. The van der Waals surface area contributed by atoms with Crippen LogP contribution >= 0.6 is 0 Å². The van der Waals surface area contributed by atoms with E-state index in [-0.39, 0.29) is 13.0 Å². The number of rotatable bonds is 1. The van der Waals surface area contributed by atoms with Crippen molar-refractivity contribution in [3.05, 3.63) is 11.6 Å². The third-order valence-corrected chi connectivity index (χ3v) is 8.22. The van der Waals surface area contributed by atoms with Gasteiger partial charge in [0.25, 0.3) is 0 Å². The molecule has 0 aromatic rings. The van der Waals surface area contributed by atoms with Crippen molar-refractivity contribution < 1.29 is 44.2 Å². The lowest BCUT2D eigenvalue weighted by molar-refractivity contribution is -0.325. The maximum atomic E-state index is 12.3. The standard InChI is InChI=1S/C19H24O9/c1-7-4-9(21)27-13(7)16(2)5-8(20)18-6-26-17(3)14(10(22)11(16)18)28-15(24)12(23)19(17,18)25/h4,8,10-14,20,22-23,25H,5-6H2,1-3H3/t8-,10-,11-,12+,13-,14+,16+,17-,18-,19-/m1/s1. The molecule has 3 aliphatic heterocycles. The zero-order valence-electron chi connectivity index (χ0n) is 15.8. The summed E-state index contributed by atoms with van der Waals surface area (Å²) in [6, 6.07) is 0. The Hall–Kier alpha value is -1.52. The first-order valence-electron chi connectivity index (χ1n) is 9.45. The van der Waals surface area contributed by atoms with E-state index in [4.69, 9.17) is 14.2 Å². The van der Waals surface area contributed by atoms with Crippen LogP contribution in [-0.2, 0) is 23.8 Å². The second kappa shape index (κ2) is 4.96. The van der Waals surface area contributed by atoms with E-state index in [9.17, 15) is 30.0 Å². The molecule has 9 nitrogen and oxygen atoms in total. The largest absolute Gasteiger partial charge is 0.454 e. The van der Waals surface area contributed by atoms with E-state index in [0.717, 1.165) is 0 Å². The third kappa shape index (κ3) is 1.58. The van der Waals surface area contributed by atoms with Crippen LogP contribution in [0.1, 0.15) is 27.2 Å². The van der Waals surface area contributed by atoms with Crippen molar-refractivity contribution in [1.29, 1.82) is 0 Å². The number of esters is 2. The van der Waals surface area contributed by atoms with Gasteiger partial charge in [-0.25, -0.2) is 9.59 Å². The Labute approximate surface area is 160 Å². The van der Waals surface area contributed by atoms with Gasteiger partial charge in [0.2, 0.25) is 0 Å². The summed E-state index contributed by atoms with van der Waals surface area (Å²) in [7, 11) is 0. The van der Waals surface area contributed by atoms with Gasteiger partial charge in [-0.1, -0.05) is 6.92 Å². The van der Waals surface area contributed by atoms with Gasteiger partial charge in [0, 0.05) is 17.4 Å². The summed E-state index contributed by atoms with van der Waals surface area (Å²) < 4.78 is 16.7. The molecule has 0 aromatic heterocycles. The van der Waals surface area contributed by atoms with Crippen LogP contribution in [0.2, 0.25) is 0 Å². The second-order valence-corrected chi connectivity index (χ2v) is 9.36. The molecule has 2 saturated carbocycles. The molecule has 1 spiro atoms. The van der Waals surface area contributed by atoms with E-state index in [0.29, 0.717) is 5.57 Å². The van der Waals surface area contributed by atoms with Crippen LogP contribution in [0.15, 0.2) is 11.6 Å². The molecule has 3 heterocycles. The monoisotopic (exact) mass is 396 g/mol. The first-order valence-corrected chi connectivity index (χ1v) is 9.45. The van der Waals surface area contributed by atoms with Gasteiger partial charge < -0.3 is 34.6 Å². The lowest BCUT2D eigenvalue weighted by atomic mass is 9.47. The molecule has 2 saturated heterocycles. The summed E-state index contributed by atoms with van der Waals surface area (Å²) in [5, 5.41) is 44.9. The Kier molecular flexibility index (Phi) is 3.28. The molecule has 10 atom stereocenters. The Balaban J connectivity index is 1.73. The SMILES string of the molecule is CC1=CC(=O)O[C@H]1[C@@]1(C)C[C@@H](O)[C@@]23CO[C@]4(C)[C@@H](OC(=O)[C@H](O)[C@]24O)[C@H](O)[C@H]13. The lowest BCUT2D eigenvalue weighted by Crippen LogP contribution is -2.83. The molecule has 0 amide bonds. The van der Waals surface area contributed by atoms with Crippen molar-refractivity contribution in [3.63, 3.8) is 0 Å². The highest BCUT2D eigenvalue weighted by atomic mass is 16.6. The highest BCUT2D eigenvalue weighted by Crippen LogP contribution is 2.73. The Morgan fingerprint density at radius 2 is 1.82 bits per heavy atom. The molecule has 5 aliphatic rings. The Morgan fingerprint density at radius 3 is 2.43 bits per heavy atom. The average Bonchev–Trinajstić information content (AvgIpc) is 3.14. The third-order valence-electron chi connectivity index (χ3n) is 8.22. The lowest BCUT2D eigenvalue weighted by Gasteiger charge is -2.62.